The number of aryl methyl sites for hydroxylation is 1. The van der Waals surface area contributed by atoms with Gasteiger partial charge in [-0.25, -0.2) is 14.8 Å². The molecular weight excluding hydrogens is 236 g/mol. The quantitative estimate of drug-likeness (QED) is 0.789. The van der Waals surface area contributed by atoms with Gasteiger partial charge in [0, 0.05) is 19.7 Å². The van der Waals surface area contributed by atoms with Gasteiger partial charge in [-0.3, -0.25) is 0 Å². The average molecular weight is 252 g/mol. The van der Waals surface area contributed by atoms with Crippen LogP contribution in [-0.2, 0) is 9.53 Å². The van der Waals surface area contributed by atoms with Crippen LogP contribution in [0.4, 0.5) is 11.6 Å². The lowest BCUT2D eigenvalue weighted by Gasteiger charge is -2.31. The monoisotopic (exact) mass is 252 g/mol. The van der Waals surface area contributed by atoms with Crippen LogP contribution in [0.2, 0.25) is 0 Å². The van der Waals surface area contributed by atoms with Crippen LogP contribution in [0.3, 0.4) is 0 Å². The van der Waals surface area contributed by atoms with Crippen LogP contribution in [0, 0.1) is 6.92 Å². The molecule has 0 aliphatic carbocycles. The van der Waals surface area contributed by atoms with Crippen molar-refractivity contribution in [3.8, 4) is 0 Å². The van der Waals surface area contributed by atoms with E-state index in [0.29, 0.717) is 25.5 Å². The van der Waals surface area contributed by atoms with Crippen molar-refractivity contribution >= 4 is 17.6 Å². The molecule has 2 N–H and O–H groups in total. The minimum atomic E-state index is -0.945. The summed E-state index contributed by atoms with van der Waals surface area (Å²) in [6.45, 7) is 3.12. The summed E-state index contributed by atoms with van der Waals surface area (Å²) in [5, 5.41) is 11.9. The third-order valence-electron chi connectivity index (χ3n) is 2.75. The van der Waals surface area contributed by atoms with Crippen LogP contribution in [0.1, 0.15) is 5.82 Å². The van der Waals surface area contributed by atoms with Gasteiger partial charge >= 0.3 is 5.97 Å². The molecule has 7 nitrogen and oxygen atoms in total. The largest absolute Gasteiger partial charge is 0.479 e. The Morgan fingerprint density at radius 3 is 3.06 bits per heavy atom. The molecule has 0 aromatic carbocycles. The number of aliphatic carboxylic acids is 1. The number of ether oxygens (including phenoxy) is 1. The number of morpholine rings is 1. The number of anilines is 2. The van der Waals surface area contributed by atoms with Crippen LogP contribution in [-0.4, -0.2) is 53.9 Å². The van der Waals surface area contributed by atoms with Gasteiger partial charge in [0.25, 0.3) is 0 Å². The van der Waals surface area contributed by atoms with Crippen molar-refractivity contribution in [2.45, 2.75) is 13.0 Å². The molecule has 2 rings (SSSR count). The van der Waals surface area contributed by atoms with Crippen LogP contribution < -0.4 is 10.2 Å². The van der Waals surface area contributed by atoms with Crippen LogP contribution >= 0.6 is 0 Å². The molecular formula is C11H16N4O3. The molecule has 0 spiro atoms. The highest BCUT2D eigenvalue weighted by Gasteiger charge is 2.27. The van der Waals surface area contributed by atoms with E-state index in [-0.39, 0.29) is 0 Å². The molecule has 1 aromatic rings. The minimum absolute atomic E-state index is 0.301. The summed E-state index contributed by atoms with van der Waals surface area (Å²) in [6.07, 6.45) is -0.799. The van der Waals surface area contributed by atoms with Gasteiger partial charge in [0.2, 0.25) is 0 Å². The molecule has 0 radical (unpaired) electrons. The number of rotatable bonds is 3. The normalized spacial score (nSPS) is 19.7. The van der Waals surface area contributed by atoms with E-state index in [1.807, 2.05) is 4.90 Å². The summed E-state index contributed by atoms with van der Waals surface area (Å²) < 4.78 is 5.18. The highest BCUT2D eigenvalue weighted by molar-refractivity contribution is 5.73. The Morgan fingerprint density at radius 1 is 1.61 bits per heavy atom. The smallest absolute Gasteiger partial charge is 0.334 e. The number of nitrogens with one attached hydrogen (secondary N) is 1. The SMILES string of the molecule is CNc1cc(N2CCOC(C(=O)O)C2)nc(C)n1. The van der Waals surface area contributed by atoms with E-state index >= 15 is 0 Å². The Balaban J connectivity index is 2.20. The van der Waals surface area contributed by atoms with Gasteiger partial charge in [-0.1, -0.05) is 0 Å². The fourth-order valence-electron chi connectivity index (χ4n) is 1.85. The Morgan fingerprint density at radius 2 is 2.39 bits per heavy atom. The zero-order chi connectivity index (χ0) is 13.1. The first kappa shape index (κ1) is 12.6. The van der Waals surface area contributed by atoms with Gasteiger partial charge in [0.1, 0.15) is 17.5 Å². The maximum atomic E-state index is 10.9. The van der Waals surface area contributed by atoms with Crippen molar-refractivity contribution in [2.24, 2.45) is 0 Å². The summed E-state index contributed by atoms with van der Waals surface area (Å²) in [6, 6.07) is 1.80. The molecule has 1 unspecified atom stereocenters. The first-order valence-electron chi connectivity index (χ1n) is 5.73. The van der Waals surface area contributed by atoms with Crippen LogP contribution in [0.25, 0.3) is 0 Å². The van der Waals surface area contributed by atoms with Gasteiger partial charge < -0.3 is 20.1 Å². The van der Waals surface area contributed by atoms with E-state index in [0.717, 1.165) is 11.6 Å². The summed E-state index contributed by atoms with van der Waals surface area (Å²) in [5.41, 5.74) is 0. The van der Waals surface area contributed by atoms with Crippen molar-refractivity contribution in [1.29, 1.82) is 0 Å². The highest BCUT2D eigenvalue weighted by Crippen LogP contribution is 2.18. The summed E-state index contributed by atoms with van der Waals surface area (Å²) >= 11 is 0. The first-order chi connectivity index (χ1) is 8.60. The molecule has 1 saturated heterocycles. The van der Waals surface area contributed by atoms with E-state index in [1.54, 1.807) is 20.0 Å². The van der Waals surface area contributed by atoms with Crippen molar-refractivity contribution < 1.29 is 14.6 Å². The average Bonchev–Trinajstić information content (AvgIpc) is 2.38. The fourth-order valence-corrected chi connectivity index (χ4v) is 1.85. The Bertz CT molecular complexity index is 452. The van der Waals surface area contributed by atoms with Gasteiger partial charge in [-0.15, -0.1) is 0 Å². The van der Waals surface area contributed by atoms with E-state index in [9.17, 15) is 4.79 Å². The van der Waals surface area contributed by atoms with E-state index in [1.165, 1.54) is 0 Å². The molecule has 0 saturated carbocycles. The summed E-state index contributed by atoms with van der Waals surface area (Å²) in [7, 11) is 1.78. The summed E-state index contributed by atoms with van der Waals surface area (Å²) in [5.74, 6) is 1.15. The molecule has 1 aliphatic heterocycles. The second kappa shape index (κ2) is 5.18. The lowest BCUT2D eigenvalue weighted by molar-refractivity contribution is -0.150. The van der Waals surface area contributed by atoms with Crippen LogP contribution in [0.5, 0.6) is 0 Å². The van der Waals surface area contributed by atoms with E-state index < -0.39 is 12.1 Å². The highest BCUT2D eigenvalue weighted by atomic mass is 16.5. The second-order valence-electron chi connectivity index (χ2n) is 4.05. The Hall–Kier alpha value is -1.89. The molecule has 0 amide bonds. The molecule has 7 heteroatoms. The van der Waals surface area contributed by atoms with Gasteiger partial charge in [0.15, 0.2) is 6.10 Å². The zero-order valence-electron chi connectivity index (χ0n) is 10.4. The standard InChI is InChI=1S/C11H16N4O3/c1-7-13-9(12-2)5-10(14-7)15-3-4-18-8(6-15)11(16)17/h5,8H,3-4,6H2,1-2H3,(H,16,17)(H,12,13,14). The zero-order valence-corrected chi connectivity index (χ0v) is 10.4. The number of carboxylic acid groups (broad SMARTS) is 1. The van der Waals surface area contributed by atoms with E-state index in [4.69, 9.17) is 9.84 Å². The predicted molar refractivity (Wildman–Crippen MR) is 65.9 cm³/mol. The van der Waals surface area contributed by atoms with E-state index in [2.05, 4.69) is 15.3 Å². The molecule has 98 valence electrons. The maximum Gasteiger partial charge on any atom is 0.334 e. The molecule has 1 fully saturated rings. The van der Waals surface area contributed by atoms with Crippen molar-refractivity contribution in [3.63, 3.8) is 0 Å². The molecule has 2 heterocycles. The second-order valence-corrected chi connectivity index (χ2v) is 4.05. The Labute approximate surface area is 105 Å². The molecule has 1 atom stereocenters. The van der Waals surface area contributed by atoms with Gasteiger partial charge in [-0.05, 0) is 6.92 Å². The fraction of sp³-hybridized carbons (Fsp3) is 0.545. The van der Waals surface area contributed by atoms with Crippen molar-refractivity contribution in [2.75, 3.05) is 37.0 Å². The maximum absolute atomic E-state index is 10.9. The molecule has 0 bridgehead atoms. The van der Waals surface area contributed by atoms with Crippen molar-refractivity contribution in [3.05, 3.63) is 11.9 Å². The van der Waals surface area contributed by atoms with Gasteiger partial charge in [-0.2, -0.15) is 0 Å². The predicted octanol–water partition coefficient (Wildman–Crippen LogP) is 0.117. The Kier molecular flexibility index (Phi) is 3.61. The lowest BCUT2D eigenvalue weighted by atomic mass is 10.2. The topological polar surface area (TPSA) is 87.6 Å². The number of carbonyl (C=O) groups is 1. The number of aromatic nitrogens is 2. The van der Waals surface area contributed by atoms with Crippen LogP contribution in [0.15, 0.2) is 6.07 Å². The molecule has 1 aliphatic rings. The third-order valence-corrected chi connectivity index (χ3v) is 2.75. The van der Waals surface area contributed by atoms with Crippen molar-refractivity contribution in [1.82, 2.24) is 9.97 Å². The summed E-state index contributed by atoms with van der Waals surface area (Å²) in [4.78, 5) is 21.4. The first-order valence-corrected chi connectivity index (χ1v) is 5.73. The minimum Gasteiger partial charge on any atom is -0.479 e. The van der Waals surface area contributed by atoms with Gasteiger partial charge in [0.05, 0.1) is 13.2 Å². The third kappa shape index (κ3) is 2.67. The number of hydrogen-bond acceptors (Lipinski definition) is 6. The lowest BCUT2D eigenvalue weighted by Crippen LogP contribution is -2.46. The number of carboxylic acids is 1. The number of hydrogen-bond donors (Lipinski definition) is 2. The number of nitrogens with zero attached hydrogens (tertiary/aromatic N) is 3. The molecule has 18 heavy (non-hydrogen) atoms. The molecule has 1 aromatic heterocycles.